The van der Waals surface area contributed by atoms with Crippen molar-refractivity contribution in [2.24, 2.45) is 0 Å². The lowest BCUT2D eigenvalue weighted by Gasteiger charge is -2.06. The van der Waals surface area contributed by atoms with Crippen LogP contribution in [0.2, 0.25) is 0 Å². The van der Waals surface area contributed by atoms with Gasteiger partial charge in [-0.3, -0.25) is 10.0 Å². The van der Waals surface area contributed by atoms with Crippen LogP contribution in [0.25, 0.3) is 6.08 Å². The topological polar surface area (TPSA) is 104 Å². The summed E-state index contributed by atoms with van der Waals surface area (Å²) in [4.78, 5) is 11.5. The van der Waals surface area contributed by atoms with Gasteiger partial charge in [0.1, 0.15) is 11.0 Å². The first-order valence-corrected chi connectivity index (χ1v) is 7.49. The fourth-order valence-corrected chi connectivity index (χ4v) is 2.48. The Morgan fingerprint density at radius 2 is 1.73 bits per heavy atom. The van der Waals surface area contributed by atoms with Crippen LogP contribution < -0.4 is 15.9 Å². The van der Waals surface area contributed by atoms with Crippen LogP contribution in [0.3, 0.4) is 0 Å². The molecule has 2 rings (SSSR count). The number of carbonyl (C=O) groups excluding carboxylic acids is 1. The molecule has 0 aliphatic carbocycles. The standard InChI is InChI=1S/C15H15N3O3S/c16-12-4-6-13(7-5-12)18-22(21)14-8-1-11(2-9-14)3-10-15(19)17-20/h1-10,18,20H,16H2,(H,17,19)/b10-3+. The number of amides is 1. The first-order valence-electron chi connectivity index (χ1n) is 6.34. The quantitative estimate of drug-likeness (QED) is 0.293. The van der Waals surface area contributed by atoms with E-state index < -0.39 is 16.9 Å². The Labute approximate surface area is 130 Å². The molecule has 2 aromatic carbocycles. The fourth-order valence-electron chi connectivity index (χ4n) is 1.63. The predicted molar refractivity (Wildman–Crippen MR) is 86.3 cm³/mol. The van der Waals surface area contributed by atoms with Gasteiger partial charge < -0.3 is 10.5 Å². The van der Waals surface area contributed by atoms with Crippen molar-refractivity contribution < 1.29 is 14.2 Å². The minimum atomic E-state index is -1.40. The maximum Gasteiger partial charge on any atom is 0.267 e. The van der Waals surface area contributed by atoms with Gasteiger partial charge in [-0.25, -0.2) is 9.69 Å². The fraction of sp³-hybridized carbons (Fsp3) is 0. The summed E-state index contributed by atoms with van der Waals surface area (Å²) in [5.74, 6) is -0.613. The first kappa shape index (κ1) is 15.7. The summed E-state index contributed by atoms with van der Waals surface area (Å²) in [6.45, 7) is 0. The van der Waals surface area contributed by atoms with Gasteiger partial charge in [-0.05, 0) is 48.0 Å². The van der Waals surface area contributed by atoms with Gasteiger partial charge in [0.2, 0.25) is 0 Å². The van der Waals surface area contributed by atoms with Crippen molar-refractivity contribution in [3.05, 3.63) is 60.2 Å². The molecule has 0 aromatic heterocycles. The number of anilines is 2. The van der Waals surface area contributed by atoms with Gasteiger partial charge in [0.05, 0.1) is 4.90 Å². The highest BCUT2D eigenvalue weighted by Crippen LogP contribution is 2.15. The third kappa shape index (κ3) is 4.44. The van der Waals surface area contributed by atoms with Crippen LogP contribution in [0.1, 0.15) is 5.56 Å². The second kappa shape index (κ2) is 7.39. The van der Waals surface area contributed by atoms with Gasteiger partial charge in [-0.1, -0.05) is 12.1 Å². The van der Waals surface area contributed by atoms with Gasteiger partial charge in [0.25, 0.3) is 5.91 Å². The van der Waals surface area contributed by atoms with Crippen LogP contribution >= 0.6 is 0 Å². The van der Waals surface area contributed by atoms with Crippen LogP contribution in [-0.2, 0) is 15.8 Å². The monoisotopic (exact) mass is 317 g/mol. The van der Waals surface area contributed by atoms with Crippen molar-refractivity contribution in [1.29, 1.82) is 0 Å². The first-order chi connectivity index (χ1) is 10.6. The third-order valence-electron chi connectivity index (χ3n) is 2.75. The van der Waals surface area contributed by atoms with E-state index in [9.17, 15) is 9.00 Å². The van der Waals surface area contributed by atoms with E-state index in [-0.39, 0.29) is 0 Å². The number of benzene rings is 2. The minimum absolute atomic E-state index is 0.598. The van der Waals surface area contributed by atoms with Crippen molar-refractivity contribution in [3.63, 3.8) is 0 Å². The van der Waals surface area contributed by atoms with Gasteiger partial charge >= 0.3 is 0 Å². The molecule has 5 N–H and O–H groups in total. The van der Waals surface area contributed by atoms with Crippen LogP contribution in [0.5, 0.6) is 0 Å². The van der Waals surface area contributed by atoms with Gasteiger partial charge in [0.15, 0.2) is 0 Å². The number of nitrogens with one attached hydrogen (secondary N) is 2. The average Bonchev–Trinajstić information content (AvgIpc) is 2.55. The van der Waals surface area contributed by atoms with Crippen molar-refractivity contribution in [3.8, 4) is 0 Å². The predicted octanol–water partition coefficient (Wildman–Crippen LogP) is 1.92. The molecule has 0 saturated carbocycles. The largest absolute Gasteiger partial charge is 0.399 e. The molecule has 114 valence electrons. The van der Waals surface area contributed by atoms with E-state index in [1.807, 2.05) is 0 Å². The highest BCUT2D eigenvalue weighted by atomic mass is 32.2. The zero-order valence-electron chi connectivity index (χ0n) is 11.5. The molecule has 7 heteroatoms. The molecule has 0 spiro atoms. The number of nitrogen functional groups attached to an aromatic ring is 1. The summed E-state index contributed by atoms with van der Waals surface area (Å²) in [6.07, 6.45) is 2.73. The van der Waals surface area contributed by atoms with E-state index in [0.717, 1.165) is 5.56 Å². The summed E-state index contributed by atoms with van der Waals surface area (Å²) in [5, 5.41) is 8.38. The highest BCUT2D eigenvalue weighted by molar-refractivity contribution is 7.86. The number of carbonyl (C=O) groups is 1. The molecule has 0 fully saturated rings. The molecule has 1 atom stereocenters. The molecule has 1 unspecified atom stereocenters. The number of hydrogen-bond acceptors (Lipinski definition) is 4. The molecule has 0 radical (unpaired) electrons. The lowest BCUT2D eigenvalue weighted by molar-refractivity contribution is -0.124. The lowest BCUT2D eigenvalue weighted by atomic mass is 10.2. The number of hydroxylamine groups is 1. The maximum absolute atomic E-state index is 12.2. The third-order valence-corrected chi connectivity index (χ3v) is 3.87. The van der Waals surface area contributed by atoms with Gasteiger partial charge in [0, 0.05) is 17.5 Å². The van der Waals surface area contributed by atoms with Crippen molar-refractivity contribution >= 4 is 34.3 Å². The zero-order chi connectivity index (χ0) is 15.9. The average molecular weight is 317 g/mol. The van der Waals surface area contributed by atoms with E-state index in [4.69, 9.17) is 10.9 Å². The van der Waals surface area contributed by atoms with E-state index >= 15 is 0 Å². The molecule has 2 aromatic rings. The van der Waals surface area contributed by atoms with E-state index in [0.29, 0.717) is 16.3 Å². The Balaban J connectivity index is 2.03. The lowest BCUT2D eigenvalue weighted by Crippen LogP contribution is -2.14. The van der Waals surface area contributed by atoms with Crippen LogP contribution in [-0.4, -0.2) is 15.3 Å². The van der Waals surface area contributed by atoms with Crippen molar-refractivity contribution in [1.82, 2.24) is 5.48 Å². The highest BCUT2D eigenvalue weighted by Gasteiger charge is 2.04. The van der Waals surface area contributed by atoms with Crippen LogP contribution in [0.4, 0.5) is 11.4 Å². The Morgan fingerprint density at radius 3 is 2.32 bits per heavy atom. The molecule has 0 aliphatic rings. The normalized spacial score (nSPS) is 12.0. The minimum Gasteiger partial charge on any atom is -0.399 e. The van der Waals surface area contributed by atoms with Gasteiger partial charge in [-0.15, -0.1) is 0 Å². The second-order valence-corrected chi connectivity index (χ2v) is 5.58. The second-order valence-electron chi connectivity index (χ2n) is 4.37. The molecule has 0 heterocycles. The zero-order valence-corrected chi connectivity index (χ0v) is 12.3. The summed E-state index contributed by atoms with van der Waals surface area (Å²) in [7, 11) is -1.40. The van der Waals surface area contributed by atoms with E-state index in [1.165, 1.54) is 17.6 Å². The maximum atomic E-state index is 12.2. The van der Waals surface area contributed by atoms with E-state index in [2.05, 4.69) is 4.72 Å². The molecule has 0 aliphatic heterocycles. The SMILES string of the molecule is Nc1ccc(NS(=O)c2ccc(/C=C/C(=O)NO)cc2)cc1. The smallest absolute Gasteiger partial charge is 0.267 e. The summed E-state index contributed by atoms with van der Waals surface area (Å²) < 4.78 is 15.0. The Hall–Kier alpha value is -2.64. The summed E-state index contributed by atoms with van der Waals surface area (Å²) in [5.41, 5.74) is 9.18. The Bertz CT molecular complexity index is 697. The molecule has 0 bridgehead atoms. The van der Waals surface area contributed by atoms with Gasteiger partial charge in [-0.2, -0.15) is 0 Å². The molecule has 1 amide bonds. The van der Waals surface area contributed by atoms with Crippen LogP contribution in [0.15, 0.2) is 59.5 Å². The Morgan fingerprint density at radius 1 is 1.09 bits per heavy atom. The van der Waals surface area contributed by atoms with Crippen molar-refractivity contribution in [2.45, 2.75) is 4.90 Å². The number of rotatable bonds is 5. The molecular formula is C15H15N3O3S. The van der Waals surface area contributed by atoms with Crippen LogP contribution in [0, 0.1) is 0 Å². The van der Waals surface area contributed by atoms with E-state index in [1.54, 1.807) is 48.5 Å². The number of nitrogens with two attached hydrogens (primary N) is 1. The van der Waals surface area contributed by atoms with Crippen molar-refractivity contribution in [2.75, 3.05) is 10.5 Å². The molecular weight excluding hydrogens is 302 g/mol. The summed E-state index contributed by atoms with van der Waals surface area (Å²) in [6, 6.07) is 13.8. The number of hydrogen-bond donors (Lipinski definition) is 4. The molecule has 22 heavy (non-hydrogen) atoms. The molecule has 6 nitrogen and oxygen atoms in total. The molecule has 0 saturated heterocycles. The Kier molecular flexibility index (Phi) is 5.29. The summed E-state index contributed by atoms with van der Waals surface area (Å²) >= 11 is 0.